The van der Waals surface area contributed by atoms with Crippen LogP contribution in [0.3, 0.4) is 0 Å². The zero-order valence-corrected chi connectivity index (χ0v) is 21.9. The van der Waals surface area contributed by atoms with E-state index in [0.29, 0.717) is 81.9 Å². The number of aliphatic imine (C=N–C) groups is 2. The summed E-state index contributed by atoms with van der Waals surface area (Å²) in [5, 5.41) is 11.3. The Kier molecular flexibility index (Phi) is 10.9. The van der Waals surface area contributed by atoms with Crippen molar-refractivity contribution in [2.45, 2.75) is 50.6 Å². The molecule has 3 rings (SSSR count). The molecule has 14 heteroatoms. The fraction of sp³-hybridized carbons (Fsp3) is 0.520. The predicted octanol–water partition coefficient (Wildman–Crippen LogP) is -1.61. The van der Waals surface area contributed by atoms with Crippen molar-refractivity contribution >= 4 is 41.2 Å². The molecule has 2 aliphatic rings. The van der Waals surface area contributed by atoms with Crippen LogP contribution in [0.25, 0.3) is 0 Å². The Morgan fingerprint density at radius 2 is 1.54 bits per heavy atom. The second kappa shape index (κ2) is 14.5. The zero-order valence-electron chi connectivity index (χ0n) is 21.9. The van der Waals surface area contributed by atoms with Crippen molar-refractivity contribution in [1.29, 1.82) is 0 Å². The molecule has 4 amide bonds. The summed E-state index contributed by atoms with van der Waals surface area (Å²) < 4.78 is 0. The summed E-state index contributed by atoms with van der Waals surface area (Å²) in [5.41, 5.74) is 17.4. The number of nitrogens with two attached hydrogens (primary N) is 3. The van der Waals surface area contributed by atoms with Gasteiger partial charge >= 0.3 is 0 Å². The molecule has 2 aliphatic heterocycles. The monoisotopic (exact) mass is 542 g/mol. The quantitative estimate of drug-likeness (QED) is 0.0821. The molecule has 0 radical (unpaired) electrons. The van der Waals surface area contributed by atoms with Gasteiger partial charge in [-0.2, -0.15) is 0 Å². The van der Waals surface area contributed by atoms with Gasteiger partial charge in [0.1, 0.15) is 12.1 Å². The Labute approximate surface area is 227 Å². The summed E-state index contributed by atoms with van der Waals surface area (Å²) in [6, 6.07) is 5.39. The highest BCUT2D eigenvalue weighted by molar-refractivity contribution is 5.97. The van der Waals surface area contributed by atoms with E-state index in [1.807, 2.05) is 0 Å². The summed E-state index contributed by atoms with van der Waals surface area (Å²) in [4.78, 5) is 58.9. The van der Waals surface area contributed by atoms with Crippen molar-refractivity contribution in [3.05, 3.63) is 29.8 Å². The lowest BCUT2D eigenvalue weighted by molar-refractivity contribution is -0.137. The van der Waals surface area contributed by atoms with Crippen LogP contribution in [-0.2, 0) is 14.4 Å². The Morgan fingerprint density at radius 1 is 0.949 bits per heavy atom. The molecule has 0 aromatic heterocycles. The zero-order chi connectivity index (χ0) is 28.2. The smallest absolute Gasteiger partial charge is 0.251 e. The number of nitrogens with zero attached hydrogens (tertiary/aromatic N) is 3. The van der Waals surface area contributed by atoms with Gasteiger partial charge in [-0.25, -0.2) is 4.99 Å². The van der Waals surface area contributed by atoms with Gasteiger partial charge in [0.2, 0.25) is 17.7 Å². The minimum atomic E-state index is -0.589. The van der Waals surface area contributed by atoms with Crippen LogP contribution in [0.2, 0.25) is 0 Å². The lowest BCUT2D eigenvalue weighted by Crippen LogP contribution is -2.61. The van der Waals surface area contributed by atoms with Gasteiger partial charge in [0.25, 0.3) is 5.91 Å². The molecule has 1 aromatic rings. The van der Waals surface area contributed by atoms with Crippen molar-refractivity contribution in [1.82, 2.24) is 26.2 Å². The molecule has 212 valence electrons. The normalized spacial score (nSPS) is 18.6. The Hall–Kier alpha value is -4.36. The van der Waals surface area contributed by atoms with Gasteiger partial charge in [-0.15, -0.1) is 0 Å². The van der Waals surface area contributed by atoms with E-state index in [4.69, 9.17) is 17.2 Å². The molecule has 0 aliphatic carbocycles. The van der Waals surface area contributed by atoms with Crippen LogP contribution in [0, 0.1) is 0 Å². The van der Waals surface area contributed by atoms with Crippen LogP contribution in [0.5, 0.6) is 0 Å². The number of carbonyl (C=O) groups excluding carboxylic acids is 4. The van der Waals surface area contributed by atoms with E-state index in [1.165, 1.54) is 0 Å². The minimum Gasteiger partial charge on any atom is -0.370 e. The number of hydrogen-bond donors (Lipinski definition) is 7. The molecule has 39 heavy (non-hydrogen) atoms. The maximum Gasteiger partial charge on any atom is 0.251 e. The van der Waals surface area contributed by atoms with E-state index >= 15 is 0 Å². The molecule has 14 nitrogen and oxygen atoms in total. The van der Waals surface area contributed by atoms with E-state index in [2.05, 4.69) is 31.3 Å². The van der Waals surface area contributed by atoms with E-state index in [0.717, 1.165) is 0 Å². The first kappa shape index (κ1) is 29.2. The van der Waals surface area contributed by atoms with Gasteiger partial charge in [0.15, 0.2) is 11.9 Å². The SMILES string of the molecule is NC(N)=Nc1ccc(C(=O)NCCCC[C@@H]2NC(=O)[C@H](CCCCNC(=O)CN3CCN=C3N)NC2=O)cc1. The third-order valence-electron chi connectivity index (χ3n) is 6.40. The van der Waals surface area contributed by atoms with Gasteiger partial charge in [-0.3, -0.25) is 24.2 Å². The van der Waals surface area contributed by atoms with E-state index in [9.17, 15) is 19.2 Å². The molecule has 1 aromatic carbocycles. The first-order valence-corrected chi connectivity index (χ1v) is 13.1. The van der Waals surface area contributed by atoms with Crippen molar-refractivity contribution in [2.24, 2.45) is 27.2 Å². The first-order chi connectivity index (χ1) is 18.7. The van der Waals surface area contributed by atoms with Crippen LogP contribution < -0.4 is 38.5 Å². The molecule has 10 N–H and O–H groups in total. The fourth-order valence-corrected chi connectivity index (χ4v) is 4.29. The summed E-state index contributed by atoms with van der Waals surface area (Å²) >= 11 is 0. The second-order valence-electron chi connectivity index (χ2n) is 9.46. The first-order valence-electron chi connectivity index (χ1n) is 13.1. The van der Waals surface area contributed by atoms with Crippen LogP contribution in [0.15, 0.2) is 34.3 Å². The average Bonchev–Trinajstić information content (AvgIpc) is 3.29. The average molecular weight is 543 g/mol. The number of piperazine rings is 1. The van der Waals surface area contributed by atoms with Crippen molar-refractivity contribution in [3.8, 4) is 0 Å². The van der Waals surface area contributed by atoms with Gasteiger partial charge in [-0.1, -0.05) is 0 Å². The molecule has 0 spiro atoms. The number of guanidine groups is 2. The molecule has 1 fully saturated rings. The summed E-state index contributed by atoms with van der Waals surface area (Å²) in [6.07, 6.45) is 3.64. The molecule has 0 saturated carbocycles. The van der Waals surface area contributed by atoms with Crippen LogP contribution >= 0.6 is 0 Å². The Bertz CT molecular complexity index is 1080. The predicted molar refractivity (Wildman–Crippen MR) is 147 cm³/mol. The third-order valence-corrected chi connectivity index (χ3v) is 6.40. The molecule has 2 heterocycles. The number of carbonyl (C=O) groups is 4. The van der Waals surface area contributed by atoms with Crippen molar-refractivity contribution < 1.29 is 19.2 Å². The van der Waals surface area contributed by atoms with Crippen molar-refractivity contribution in [3.63, 3.8) is 0 Å². The van der Waals surface area contributed by atoms with E-state index < -0.39 is 12.1 Å². The number of unbranched alkanes of at least 4 members (excludes halogenated alkanes) is 2. The third kappa shape index (κ3) is 9.47. The van der Waals surface area contributed by atoms with Gasteiger partial charge in [0, 0.05) is 25.2 Å². The van der Waals surface area contributed by atoms with Gasteiger partial charge in [0.05, 0.1) is 18.8 Å². The summed E-state index contributed by atoms with van der Waals surface area (Å²) in [7, 11) is 0. The molecule has 0 bridgehead atoms. The molecular weight excluding hydrogens is 504 g/mol. The lowest BCUT2D eigenvalue weighted by atomic mass is 10.0. The fourth-order valence-electron chi connectivity index (χ4n) is 4.29. The topological polar surface area (TPSA) is 222 Å². The van der Waals surface area contributed by atoms with E-state index in [-0.39, 0.29) is 36.1 Å². The van der Waals surface area contributed by atoms with E-state index in [1.54, 1.807) is 29.2 Å². The summed E-state index contributed by atoms with van der Waals surface area (Å²) in [6.45, 7) is 2.35. The molecule has 0 unspecified atom stereocenters. The maximum atomic E-state index is 12.5. The van der Waals surface area contributed by atoms with Gasteiger partial charge < -0.3 is 43.4 Å². The van der Waals surface area contributed by atoms with Crippen LogP contribution in [0.4, 0.5) is 5.69 Å². The largest absolute Gasteiger partial charge is 0.370 e. The molecule has 1 saturated heterocycles. The highest BCUT2D eigenvalue weighted by atomic mass is 16.2. The number of rotatable bonds is 14. The van der Waals surface area contributed by atoms with Crippen LogP contribution in [0.1, 0.15) is 48.9 Å². The Balaban J connectivity index is 1.25. The summed E-state index contributed by atoms with van der Waals surface area (Å²) in [5.74, 6) is -0.424. The number of nitrogens with one attached hydrogen (secondary N) is 4. The molecule has 2 atom stereocenters. The van der Waals surface area contributed by atoms with Crippen LogP contribution in [-0.4, -0.2) is 85.3 Å². The molecular formula is C25H38N10O4. The van der Waals surface area contributed by atoms with Gasteiger partial charge in [-0.05, 0) is 62.8 Å². The maximum absolute atomic E-state index is 12.5. The van der Waals surface area contributed by atoms with Crippen molar-refractivity contribution in [2.75, 3.05) is 32.7 Å². The number of benzene rings is 1. The second-order valence-corrected chi connectivity index (χ2v) is 9.46. The highest BCUT2D eigenvalue weighted by Gasteiger charge is 2.32. The Morgan fingerprint density at radius 3 is 2.08 bits per heavy atom. The lowest BCUT2D eigenvalue weighted by Gasteiger charge is -2.29. The minimum absolute atomic E-state index is 0.0562. The highest BCUT2D eigenvalue weighted by Crippen LogP contribution is 2.13. The standard InChI is InChI=1S/C25H38N10O4/c26-24(27)32-17-9-7-16(8-10-17)21(37)30-12-4-2-6-19-23(39)33-18(22(38)34-19)5-1-3-11-29-20(36)15-35-14-13-31-25(35)28/h7-10,18-19H,1-6,11-15H2,(H2,28,31)(H,29,36)(H,30,37)(H,33,39)(H,34,38)(H4,26,27,32)/t18-,19-/m0/s1. The number of amides is 4. The number of hydrogen-bond acceptors (Lipinski definition) is 8.